The summed E-state index contributed by atoms with van der Waals surface area (Å²) in [6.45, 7) is 8.86. The van der Waals surface area contributed by atoms with Crippen molar-refractivity contribution in [3.63, 3.8) is 0 Å². The molecule has 6 heteroatoms. The topological polar surface area (TPSA) is 75.3 Å². The van der Waals surface area contributed by atoms with E-state index in [1.807, 2.05) is 33.8 Å². The van der Waals surface area contributed by atoms with Crippen LogP contribution < -0.4 is 10.0 Å². The lowest BCUT2D eigenvalue weighted by Crippen LogP contribution is -2.17. The third-order valence-electron chi connectivity index (χ3n) is 4.02. The third-order valence-corrected chi connectivity index (χ3v) is 5.68. The van der Waals surface area contributed by atoms with Crippen LogP contribution in [0.25, 0.3) is 0 Å². The van der Waals surface area contributed by atoms with E-state index < -0.39 is 10.0 Å². The van der Waals surface area contributed by atoms with Crippen LogP contribution in [-0.2, 0) is 14.8 Å². The highest BCUT2D eigenvalue weighted by molar-refractivity contribution is 7.92. The van der Waals surface area contributed by atoms with Gasteiger partial charge in [0.2, 0.25) is 5.91 Å². The molecule has 128 valence electrons. The third kappa shape index (κ3) is 3.76. The van der Waals surface area contributed by atoms with Gasteiger partial charge in [-0.05, 0) is 74.2 Å². The highest BCUT2D eigenvalue weighted by Crippen LogP contribution is 2.28. The average molecular weight is 346 g/mol. The molecule has 0 aliphatic heterocycles. The van der Waals surface area contributed by atoms with Crippen LogP contribution in [0.3, 0.4) is 0 Å². The molecule has 0 radical (unpaired) electrons. The minimum Gasteiger partial charge on any atom is -0.326 e. The van der Waals surface area contributed by atoms with Crippen molar-refractivity contribution in [1.29, 1.82) is 0 Å². The maximum Gasteiger partial charge on any atom is 0.262 e. The van der Waals surface area contributed by atoms with Gasteiger partial charge < -0.3 is 5.32 Å². The summed E-state index contributed by atoms with van der Waals surface area (Å²) in [7, 11) is -3.69. The van der Waals surface area contributed by atoms with Gasteiger partial charge in [-0.25, -0.2) is 8.42 Å². The van der Waals surface area contributed by atoms with Crippen LogP contribution in [0.5, 0.6) is 0 Å². The Kier molecular flexibility index (Phi) is 4.99. The Balaban J connectivity index is 2.38. The Morgan fingerprint density at radius 2 is 1.33 bits per heavy atom. The highest BCUT2D eigenvalue weighted by Gasteiger charge is 2.22. The molecule has 0 bridgehead atoms. The molecule has 0 aromatic heterocycles. The van der Waals surface area contributed by atoms with Crippen LogP contribution in [0.15, 0.2) is 35.2 Å². The summed E-state index contributed by atoms with van der Waals surface area (Å²) in [6.07, 6.45) is 0. The zero-order valence-electron chi connectivity index (χ0n) is 14.5. The van der Waals surface area contributed by atoms with Crippen LogP contribution >= 0.6 is 0 Å². The minimum absolute atomic E-state index is 0.176. The predicted molar refractivity (Wildman–Crippen MR) is 96.9 cm³/mol. The van der Waals surface area contributed by atoms with Gasteiger partial charge in [0, 0.05) is 18.3 Å². The fourth-order valence-electron chi connectivity index (χ4n) is 2.61. The second kappa shape index (κ2) is 6.65. The molecule has 0 unspecified atom stereocenters. The van der Waals surface area contributed by atoms with Gasteiger partial charge in [-0.3, -0.25) is 9.52 Å². The molecular formula is C18H22N2O3S. The number of amides is 1. The van der Waals surface area contributed by atoms with Gasteiger partial charge in [0.1, 0.15) is 0 Å². The number of rotatable bonds is 4. The van der Waals surface area contributed by atoms with Gasteiger partial charge in [0.15, 0.2) is 0 Å². The van der Waals surface area contributed by atoms with E-state index in [9.17, 15) is 13.2 Å². The van der Waals surface area contributed by atoms with E-state index in [1.54, 1.807) is 24.3 Å². The second-order valence-corrected chi connectivity index (χ2v) is 7.57. The molecule has 0 spiro atoms. The summed E-state index contributed by atoms with van der Waals surface area (Å²) in [5.74, 6) is -0.176. The molecule has 2 aromatic rings. The van der Waals surface area contributed by atoms with E-state index in [4.69, 9.17) is 0 Å². The smallest absolute Gasteiger partial charge is 0.262 e. The number of anilines is 2. The predicted octanol–water partition coefficient (Wildman–Crippen LogP) is 3.68. The number of hydrogen-bond donors (Lipinski definition) is 2. The Morgan fingerprint density at radius 3 is 1.79 bits per heavy atom. The molecule has 2 rings (SSSR count). The number of carbonyl (C=O) groups is 1. The molecule has 0 aliphatic carbocycles. The fraction of sp³-hybridized carbons (Fsp3) is 0.278. The highest BCUT2D eigenvalue weighted by atomic mass is 32.2. The van der Waals surface area contributed by atoms with Crippen molar-refractivity contribution in [3.8, 4) is 0 Å². The van der Waals surface area contributed by atoms with Crippen molar-refractivity contribution in [3.05, 3.63) is 52.6 Å². The van der Waals surface area contributed by atoms with Gasteiger partial charge in [-0.1, -0.05) is 6.07 Å². The van der Waals surface area contributed by atoms with Gasteiger partial charge in [-0.15, -0.1) is 0 Å². The summed E-state index contributed by atoms with van der Waals surface area (Å²) in [5, 5.41) is 2.64. The largest absolute Gasteiger partial charge is 0.326 e. The summed E-state index contributed by atoms with van der Waals surface area (Å²) in [5.41, 5.74) is 4.45. The van der Waals surface area contributed by atoms with Gasteiger partial charge in [-0.2, -0.15) is 0 Å². The second-order valence-electron chi connectivity index (χ2n) is 5.95. The van der Waals surface area contributed by atoms with Gasteiger partial charge in [0.25, 0.3) is 10.0 Å². The number of hydrogen-bond acceptors (Lipinski definition) is 3. The van der Waals surface area contributed by atoms with Crippen LogP contribution in [0.1, 0.15) is 29.2 Å². The Morgan fingerprint density at radius 1 is 0.875 bits per heavy atom. The summed E-state index contributed by atoms with van der Waals surface area (Å²) < 4.78 is 28.3. The Hall–Kier alpha value is -2.34. The van der Waals surface area contributed by atoms with Crippen molar-refractivity contribution >= 4 is 27.3 Å². The Labute approximate surface area is 143 Å². The molecule has 2 aromatic carbocycles. The summed E-state index contributed by atoms with van der Waals surface area (Å²) in [4.78, 5) is 11.4. The molecule has 0 saturated carbocycles. The maximum absolute atomic E-state index is 12.8. The van der Waals surface area contributed by atoms with Crippen molar-refractivity contribution in [2.45, 2.75) is 39.5 Å². The minimum atomic E-state index is -3.69. The average Bonchev–Trinajstić information content (AvgIpc) is 2.46. The van der Waals surface area contributed by atoms with Crippen LogP contribution in [-0.4, -0.2) is 14.3 Å². The van der Waals surface area contributed by atoms with E-state index in [-0.39, 0.29) is 5.91 Å². The lowest BCUT2D eigenvalue weighted by Gasteiger charge is -2.17. The number of aryl methyl sites for hydroxylation is 2. The molecule has 24 heavy (non-hydrogen) atoms. The molecule has 2 N–H and O–H groups in total. The lowest BCUT2D eigenvalue weighted by molar-refractivity contribution is -0.114. The van der Waals surface area contributed by atoms with Gasteiger partial charge >= 0.3 is 0 Å². The number of carbonyl (C=O) groups excluding carboxylic acids is 1. The molecule has 0 heterocycles. The number of nitrogens with one attached hydrogen (secondary N) is 2. The van der Waals surface area contributed by atoms with E-state index >= 15 is 0 Å². The van der Waals surface area contributed by atoms with Crippen molar-refractivity contribution in [2.75, 3.05) is 10.0 Å². The van der Waals surface area contributed by atoms with E-state index in [0.29, 0.717) is 16.3 Å². The SMILES string of the molecule is CC(=O)Nc1ccc(NS(=O)(=O)c2c(C)c(C)cc(C)c2C)cc1. The standard InChI is InChI=1S/C18H22N2O3S/c1-11-10-12(2)14(4)18(13(11)3)24(22,23)20-17-8-6-16(7-9-17)19-15(5)21/h6-10,20H,1-5H3,(H,19,21). The molecule has 0 fully saturated rings. The molecule has 0 atom stereocenters. The van der Waals surface area contributed by atoms with Crippen LogP contribution in [0, 0.1) is 27.7 Å². The summed E-state index contributed by atoms with van der Waals surface area (Å²) >= 11 is 0. The van der Waals surface area contributed by atoms with E-state index in [1.165, 1.54) is 6.92 Å². The monoisotopic (exact) mass is 346 g/mol. The lowest BCUT2D eigenvalue weighted by atomic mass is 10.0. The van der Waals surface area contributed by atoms with E-state index in [2.05, 4.69) is 10.0 Å². The first kappa shape index (κ1) is 18.0. The first-order valence-corrected chi connectivity index (χ1v) is 9.08. The zero-order chi connectivity index (χ0) is 18.1. The van der Waals surface area contributed by atoms with Crippen molar-refractivity contribution in [1.82, 2.24) is 0 Å². The molecular weight excluding hydrogens is 324 g/mol. The maximum atomic E-state index is 12.8. The molecule has 0 saturated heterocycles. The van der Waals surface area contributed by atoms with Crippen molar-refractivity contribution < 1.29 is 13.2 Å². The quantitative estimate of drug-likeness (QED) is 0.887. The van der Waals surface area contributed by atoms with E-state index in [0.717, 1.165) is 22.3 Å². The first-order valence-electron chi connectivity index (χ1n) is 7.59. The molecule has 0 aliphatic rings. The molecule has 1 amide bonds. The number of sulfonamides is 1. The normalized spacial score (nSPS) is 11.2. The van der Waals surface area contributed by atoms with Gasteiger partial charge in [0.05, 0.1) is 4.90 Å². The number of benzene rings is 2. The Bertz CT molecular complexity index is 859. The summed E-state index contributed by atoms with van der Waals surface area (Å²) in [6, 6.07) is 8.54. The zero-order valence-corrected chi connectivity index (χ0v) is 15.3. The van der Waals surface area contributed by atoms with Crippen LogP contribution in [0.2, 0.25) is 0 Å². The van der Waals surface area contributed by atoms with Crippen molar-refractivity contribution in [2.24, 2.45) is 0 Å². The fourth-order valence-corrected chi connectivity index (χ4v) is 4.29. The molecule has 5 nitrogen and oxygen atoms in total. The van der Waals surface area contributed by atoms with Crippen LogP contribution in [0.4, 0.5) is 11.4 Å². The first-order chi connectivity index (χ1) is 11.1.